The van der Waals surface area contributed by atoms with Crippen LogP contribution >= 0.6 is 0 Å². The molecule has 3 nitrogen and oxygen atoms in total. The minimum atomic E-state index is -0.211. The zero-order valence-corrected chi connectivity index (χ0v) is 11.3. The van der Waals surface area contributed by atoms with E-state index in [1.807, 2.05) is 55.5 Å². The van der Waals surface area contributed by atoms with E-state index < -0.39 is 0 Å². The van der Waals surface area contributed by atoms with Crippen LogP contribution in [-0.4, -0.2) is 13.7 Å². The molecule has 100 valence electrons. The summed E-state index contributed by atoms with van der Waals surface area (Å²) >= 11 is 0. The zero-order valence-electron chi connectivity index (χ0n) is 11.3. The number of nitrogens with two attached hydrogens (primary N) is 1. The van der Waals surface area contributed by atoms with Crippen molar-refractivity contribution in [3.63, 3.8) is 0 Å². The Labute approximate surface area is 114 Å². The van der Waals surface area contributed by atoms with Gasteiger partial charge in [-0.05, 0) is 24.6 Å². The Balaban J connectivity index is 2.28. The predicted octanol–water partition coefficient (Wildman–Crippen LogP) is 3.08. The molecule has 2 N–H and O–H groups in total. The predicted molar refractivity (Wildman–Crippen MR) is 76.6 cm³/mol. The number of methoxy groups -OCH3 is 1. The average Bonchev–Trinajstić information content (AvgIpc) is 2.46. The SMILES string of the molecule is COc1ccccc1C(CN)Oc1ccccc1C. The summed E-state index contributed by atoms with van der Waals surface area (Å²) in [6, 6.07) is 15.7. The molecular formula is C16H19NO2. The molecule has 19 heavy (non-hydrogen) atoms. The minimum absolute atomic E-state index is 0.211. The van der Waals surface area contributed by atoms with E-state index in [4.69, 9.17) is 15.2 Å². The average molecular weight is 257 g/mol. The Morgan fingerprint density at radius 2 is 1.63 bits per heavy atom. The second-order valence-corrected chi connectivity index (χ2v) is 4.35. The van der Waals surface area contributed by atoms with E-state index in [0.29, 0.717) is 6.54 Å². The van der Waals surface area contributed by atoms with E-state index >= 15 is 0 Å². The highest BCUT2D eigenvalue weighted by atomic mass is 16.5. The summed E-state index contributed by atoms with van der Waals surface area (Å²) in [6.07, 6.45) is -0.211. The third kappa shape index (κ3) is 3.06. The molecule has 3 heteroatoms. The molecule has 1 unspecified atom stereocenters. The van der Waals surface area contributed by atoms with Crippen LogP contribution in [0.15, 0.2) is 48.5 Å². The van der Waals surface area contributed by atoms with E-state index in [1.54, 1.807) is 7.11 Å². The topological polar surface area (TPSA) is 44.5 Å². The quantitative estimate of drug-likeness (QED) is 0.895. The molecule has 1 atom stereocenters. The van der Waals surface area contributed by atoms with Crippen molar-refractivity contribution in [3.8, 4) is 11.5 Å². The first-order valence-corrected chi connectivity index (χ1v) is 6.31. The highest BCUT2D eigenvalue weighted by molar-refractivity contribution is 5.38. The van der Waals surface area contributed by atoms with Gasteiger partial charge in [-0.15, -0.1) is 0 Å². The van der Waals surface area contributed by atoms with E-state index in [9.17, 15) is 0 Å². The molecule has 0 amide bonds. The molecule has 2 aromatic carbocycles. The standard InChI is InChI=1S/C16H19NO2/c1-12-7-3-5-9-14(12)19-16(11-17)13-8-4-6-10-15(13)18-2/h3-10,16H,11,17H2,1-2H3. The normalized spacial score (nSPS) is 11.9. The number of rotatable bonds is 5. The van der Waals surface area contributed by atoms with Crippen molar-refractivity contribution < 1.29 is 9.47 Å². The van der Waals surface area contributed by atoms with Crippen molar-refractivity contribution in [2.24, 2.45) is 5.73 Å². The lowest BCUT2D eigenvalue weighted by Gasteiger charge is -2.21. The molecule has 0 aliphatic carbocycles. The Hall–Kier alpha value is -2.00. The molecule has 0 heterocycles. The monoisotopic (exact) mass is 257 g/mol. The van der Waals surface area contributed by atoms with Crippen LogP contribution in [0.3, 0.4) is 0 Å². The third-order valence-corrected chi connectivity index (χ3v) is 3.06. The van der Waals surface area contributed by atoms with Crippen LogP contribution in [0.4, 0.5) is 0 Å². The number of aryl methyl sites for hydroxylation is 1. The lowest BCUT2D eigenvalue weighted by molar-refractivity contribution is 0.207. The van der Waals surface area contributed by atoms with Gasteiger partial charge >= 0.3 is 0 Å². The molecule has 0 fully saturated rings. The van der Waals surface area contributed by atoms with Crippen LogP contribution in [0.25, 0.3) is 0 Å². The molecule has 0 bridgehead atoms. The van der Waals surface area contributed by atoms with Crippen molar-refractivity contribution in [2.45, 2.75) is 13.0 Å². The van der Waals surface area contributed by atoms with Crippen molar-refractivity contribution in [1.82, 2.24) is 0 Å². The van der Waals surface area contributed by atoms with Crippen molar-refractivity contribution in [1.29, 1.82) is 0 Å². The molecule has 0 aliphatic heterocycles. The Morgan fingerprint density at radius 1 is 1.00 bits per heavy atom. The molecule has 0 radical (unpaired) electrons. The Kier molecular flexibility index (Phi) is 4.42. The first kappa shape index (κ1) is 13.4. The van der Waals surface area contributed by atoms with Gasteiger partial charge in [-0.2, -0.15) is 0 Å². The van der Waals surface area contributed by atoms with Crippen LogP contribution < -0.4 is 15.2 Å². The number of benzene rings is 2. The number of para-hydroxylation sites is 2. The summed E-state index contributed by atoms with van der Waals surface area (Å²) in [5.74, 6) is 1.65. The van der Waals surface area contributed by atoms with Gasteiger partial charge in [0.1, 0.15) is 17.6 Å². The second-order valence-electron chi connectivity index (χ2n) is 4.35. The summed E-state index contributed by atoms with van der Waals surface area (Å²) < 4.78 is 11.4. The molecule has 0 aromatic heterocycles. The fourth-order valence-corrected chi connectivity index (χ4v) is 2.01. The van der Waals surface area contributed by atoms with E-state index in [-0.39, 0.29) is 6.10 Å². The van der Waals surface area contributed by atoms with E-state index in [2.05, 4.69) is 0 Å². The van der Waals surface area contributed by atoms with Crippen LogP contribution in [0.5, 0.6) is 11.5 Å². The highest BCUT2D eigenvalue weighted by Gasteiger charge is 2.16. The van der Waals surface area contributed by atoms with Gasteiger partial charge in [0.2, 0.25) is 0 Å². The van der Waals surface area contributed by atoms with Crippen molar-refractivity contribution in [3.05, 3.63) is 59.7 Å². The summed E-state index contributed by atoms with van der Waals surface area (Å²) in [5.41, 5.74) is 7.91. The van der Waals surface area contributed by atoms with Gasteiger partial charge in [0.05, 0.1) is 7.11 Å². The molecule has 0 saturated heterocycles. The van der Waals surface area contributed by atoms with Crippen molar-refractivity contribution in [2.75, 3.05) is 13.7 Å². The molecule has 0 spiro atoms. The highest BCUT2D eigenvalue weighted by Crippen LogP contribution is 2.29. The Bertz CT molecular complexity index is 540. The van der Waals surface area contributed by atoms with Crippen LogP contribution in [0.1, 0.15) is 17.2 Å². The lowest BCUT2D eigenvalue weighted by atomic mass is 10.1. The van der Waals surface area contributed by atoms with Crippen LogP contribution in [0.2, 0.25) is 0 Å². The second kappa shape index (κ2) is 6.25. The fraction of sp³-hybridized carbons (Fsp3) is 0.250. The van der Waals surface area contributed by atoms with Gasteiger partial charge in [0.25, 0.3) is 0 Å². The number of hydrogen-bond donors (Lipinski definition) is 1. The fourth-order valence-electron chi connectivity index (χ4n) is 2.01. The van der Waals surface area contributed by atoms with Crippen LogP contribution in [0, 0.1) is 6.92 Å². The number of ether oxygens (including phenoxy) is 2. The summed E-state index contributed by atoms with van der Waals surface area (Å²) in [7, 11) is 1.65. The van der Waals surface area contributed by atoms with Gasteiger partial charge < -0.3 is 15.2 Å². The molecule has 0 aliphatic rings. The van der Waals surface area contributed by atoms with Gasteiger partial charge in [0.15, 0.2) is 0 Å². The summed E-state index contributed by atoms with van der Waals surface area (Å²) in [5, 5.41) is 0. The number of hydrogen-bond acceptors (Lipinski definition) is 3. The first-order valence-electron chi connectivity index (χ1n) is 6.31. The van der Waals surface area contributed by atoms with E-state index in [0.717, 1.165) is 22.6 Å². The smallest absolute Gasteiger partial charge is 0.139 e. The van der Waals surface area contributed by atoms with Gasteiger partial charge in [-0.3, -0.25) is 0 Å². The molecule has 2 rings (SSSR count). The molecular weight excluding hydrogens is 238 g/mol. The maximum Gasteiger partial charge on any atom is 0.139 e. The first-order chi connectivity index (χ1) is 9.26. The summed E-state index contributed by atoms with van der Waals surface area (Å²) in [6.45, 7) is 2.42. The lowest BCUT2D eigenvalue weighted by Crippen LogP contribution is -2.19. The largest absolute Gasteiger partial charge is 0.496 e. The maximum absolute atomic E-state index is 6.02. The Morgan fingerprint density at radius 3 is 2.26 bits per heavy atom. The summed E-state index contributed by atoms with van der Waals surface area (Å²) in [4.78, 5) is 0. The van der Waals surface area contributed by atoms with Gasteiger partial charge in [-0.25, -0.2) is 0 Å². The van der Waals surface area contributed by atoms with Gasteiger partial charge in [-0.1, -0.05) is 36.4 Å². The minimum Gasteiger partial charge on any atom is -0.496 e. The maximum atomic E-state index is 6.02. The molecule has 0 saturated carbocycles. The van der Waals surface area contributed by atoms with Crippen LogP contribution in [-0.2, 0) is 0 Å². The van der Waals surface area contributed by atoms with Crippen molar-refractivity contribution >= 4 is 0 Å². The van der Waals surface area contributed by atoms with E-state index in [1.165, 1.54) is 0 Å². The third-order valence-electron chi connectivity index (χ3n) is 3.06. The zero-order chi connectivity index (χ0) is 13.7. The molecule has 2 aromatic rings. The van der Waals surface area contributed by atoms with Gasteiger partial charge in [0, 0.05) is 12.1 Å².